The Bertz CT molecular complexity index is 2820. The first-order valence-corrected chi connectivity index (χ1v) is 18.4. The van der Waals surface area contributed by atoms with Gasteiger partial charge in [-0.05, 0) is 101 Å². The zero-order chi connectivity index (χ0) is 43.2. The van der Waals surface area contributed by atoms with E-state index in [2.05, 4.69) is 79.3 Å². The van der Waals surface area contributed by atoms with Crippen LogP contribution in [0.3, 0.4) is 0 Å². The Kier molecular flexibility index (Phi) is 8.84. The number of hydrogen-bond acceptors (Lipinski definition) is 3. The van der Waals surface area contributed by atoms with E-state index in [4.69, 9.17) is 14.0 Å². The molecule has 0 N–H and O–H groups in total. The molecule has 3 aromatic heterocycles. The van der Waals surface area contributed by atoms with Gasteiger partial charge in [-0.3, -0.25) is 4.98 Å². The van der Waals surface area contributed by atoms with Crippen LogP contribution in [0.1, 0.15) is 77.3 Å². The van der Waals surface area contributed by atoms with Crippen molar-refractivity contribution in [2.24, 2.45) is 5.41 Å². The molecular formula is C51H46IrN2O-2. The molecule has 0 atom stereocenters. The topological polar surface area (TPSA) is 38.9 Å². The smallest absolute Gasteiger partial charge is 0.120 e. The number of hydrogen-bond donors (Lipinski definition) is 0. The van der Waals surface area contributed by atoms with Crippen LogP contribution in [-0.2, 0) is 20.1 Å². The molecular weight excluding hydrogens is 849 g/mol. The first-order valence-electron chi connectivity index (χ1n) is 21.9. The second-order valence-corrected chi connectivity index (χ2v) is 14.8. The molecule has 0 aliphatic heterocycles. The maximum Gasteiger partial charge on any atom is 0.120 e. The number of para-hydroxylation sites is 1. The Morgan fingerprint density at radius 3 is 2.27 bits per heavy atom. The van der Waals surface area contributed by atoms with Crippen LogP contribution >= 0.6 is 0 Å². The predicted octanol–water partition coefficient (Wildman–Crippen LogP) is 14.0. The predicted molar refractivity (Wildman–Crippen MR) is 225 cm³/mol. The largest absolute Gasteiger partial charge is 0.501 e. The number of benzene rings is 5. The van der Waals surface area contributed by atoms with Crippen LogP contribution in [-0.4, -0.2) is 9.97 Å². The van der Waals surface area contributed by atoms with Gasteiger partial charge in [0, 0.05) is 53.2 Å². The zero-order valence-electron chi connectivity index (χ0n) is 38.0. The van der Waals surface area contributed by atoms with Gasteiger partial charge in [0.25, 0.3) is 0 Å². The molecule has 1 radical (unpaired) electrons. The molecule has 9 rings (SSSR count). The second kappa shape index (κ2) is 16.2. The van der Waals surface area contributed by atoms with Crippen molar-refractivity contribution < 1.29 is 34.1 Å². The standard InChI is InChI=1S/C31H28NO.C20H18N.Ir/c1-31(2)17-14-23(15-18-31)21-10-12-22(13-11-21)24-16-19-32-28(20-24)27-8-5-7-26-25-6-3-4-9-29(25)33-30(26)27;1-14-9-10-20(21-13-14)19-12-18(15(2)11-16(19)3)17-7-5-4-6-8-17;/h3-7,9-13,16,19-20,23H,14-15,17-18H2,1-2H3;4-13H,3H2,1-2H3;/q2*-1;/i23D;1D3,2D3;. The number of aromatic nitrogens is 2. The van der Waals surface area contributed by atoms with Gasteiger partial charge in [0.1, 0.15) is 5.58 Å². The number of rotatable bonds is 5. The molecule has 55 heavy (non-hydrogen) atoms. The van der Waals surface area contributed by atoms with E-state index in [-0.39, 0.29) is 31.2 Å². The fourth-order valence-corrected chi connectivity index (χ4v) is 7.34. The normalized spacial score (nSPS) is 16.8. The quantitative estimate of drug-likeness (QED) is 0.162. The van der Waals surface area contributed by atoms with Gasteiger partial charge in [0.05, 0.1) is 5.58 Å². The van der Waals surface area contributed by atoms with Crippen LogP contribution in [0.25, 0.3) is 66.7 Å². The average molecular weight is 902 g/mol. The molecule has 8 aromatic rings. The molecule has 0 amide bonds. The average Bonchev–Trinajstić information content (AvgIpc) is 3.64. The number of aryl methyl sites for hydroxylation is 2. The van der Waals surface area contributed by atoms with Crippen molar-refractivity contribution in [3.63, 3.8) is 0 Å². The van der Waals surface area contributed by atoms with Crippen LogP contribution < -0.4 is 0 Å². The SMILES string of the molecule is [2H]C([2H])([2H])c1ccc(-c2cc(-c3ccccc3)c(C([2H])([2H])[2H])cc2[CH2-])nc1.[2H]C1(c2ccc(-c3ccnc(-c4[c-]ccc5c4oc4ccccc45)c3)cc2)CCC(C)(C)CC1.[Ir]. The van der Waals surface area contributed by atoms with Gasteiger partial charge in [-0.25, -0.2) is 0 Å². The first-order chi connectivity index (χ1) is 29.0. The Balaban J connectivity index is 0.000000189. The van der Waals surface area contributed by atoms with Gasteiger partial charge in [-0.2, -0.15) is 18.6 Å². The third-order valence-electron chi connectivity index (χ3n) is 10.6. The minimum atomic E-state index is -2.28. The summed E-state index contributed by atoms with van der Waals surface area (Å²) in [6, 6.07) is 43.9. The van der Waals surface area contributed by atoms with Crippen LogP contribution in [0.5, 0.6) is 0 Å². The molecule has 4 heteroatoms. The van der Waals surface area contributed by atoms with Crippen LogP contribution in [0.15, 0.2) is 144 Å². The van der Waals surface area contributed by atoms with E-state index in [1.54, 1.807) is 18.2 Å². The molecule has 1 saturated carbocycles. The maximum atomic E-state index is 9.06. The van der Waals surface area contributed by atoms with Gasteiger partial charge in [0.15, 0.2) is 0 Å². The van der Waals surface area contributed by atoms with E-state index in [9.17, 15) is 0 Å². The molecule has 0 bridgehead atoms. The van der Waals surface area contributed by atoms with Gasteiger partial charge >= 0.3 is 0 Å². The number of pyridine rings is 2. The Morgan fingerprint density at radius 2 is 1.53 bits per heavy atom. The summed E-state index contributed by atoms with van der Waals surface area (Å²) in [6.07, 6.45) is 7.24. The van der Waals surface area contributed by atoms with Gasteiger partial charge in [-0.15, -0.1) is 29.8 Å². The van der Waals surface area contributed by atoms with Crippen molar-refractivity contribution in [3.05, 3.63) is 175 Å². The fourth-order valence-electron chi connectivity index (χ4n) is 7.34. The fraction of sp³-hybridized carbons (Fsp3) is 0.196. The number of fused-ring (bicyclic) bond motifs is 3. The molecule has 0 saturated heterocycles. The summed E-state index contributed by atoms with van der Waals surface area (Å²) in [5.41, 5.74) is 10.6. The molecule has 0 spiro atoms. The van der Waals surface area contributed by atoms with E-state index in [0.29, 0.717) is 27.8 Å². The molecule has 0 unspecified atom stereocenters. The first kappa shape index (κ1) is 30.0. The molecule has 5 aromatic carbocycles. The summed E-state index contributed by atoms with van der Waals surface area (Å²) >= 11 is 0. The van der Waals surface area contributed by atoms with E-state index in [1.807, 2.05) is 66.9 Å². The maximum absolute atomic E-state index is 9.06. The summed E-state index contributed by atoms with van der Waals surface area (Å²) in [4.78, 5) is 8.91. The summed E-state index contributed by atoms with van der Waals surface area (Å²) in [5.74, 6) is -0.469. The summed E-state index contributed by atoms with van der Waals surface area (Å²) in [6.45, 7) is 4.11. The minimum absolute atomic E-state index is 0. The van der Waals surface area contributed by atoms with Crippen molar-refractivity contribution in [3.8, 4) is 44.8 Å². The van der Waals surface area contributed by atoms with E-state index in [0.717, 1.165) is 81.1 Å². The summed E-state index contributed by atoms with van der Waals surface area (Å²) < 4.78 is 61.2. The Labute approximate surface area is 349 Å². The Morgan fingerprint density at radius 1 is 0.745 bits per heavy atom. The van der Waals surface area contributed by atoms with Crippen molar-refractivity contribution in [1.82, 2.24) is 9.97 Å². The third-order valence-corrected chi connectivity index (χ3v) is 10.6. The summed E-state index contributed by atoms with van der Waals surface area (Å²) in [5, 5.41) is 2.19. The summed E-state index contributed by atoms with van der Waals surface area (Å²) in [7, 11) is 0. The van der Waals surface area contributed by atoms with Crippen molar-refractivity contribution >= 4 is 21.9 Å². The molecule has 3 heterocycles. The molecule has 1 aliphatic carbocycles. The van der Waals surface area contributed by atoms with Crippen LogP contribution in [0.4, 0.5) is 0 Å². The third kappa shape index (κ3) is 8.22. The Hall–Kier alpha value is -5.28. The van der Waals surface area contributed by atoms with Crippen molar-refractivity contribution in [2.75, 3.05) is 0 Å². The van der Waals surface area contributed by atoms with Gasteiger partial charge in [0.2, 0.25) is 0 Å². The minimum Gasteiger partial charge on any atom is -0.501 e. The van der Waals surface area contributed by atoms with E-state index < -0.39 is 19.6 Å². The number of furan rings is 1. The molecule has 1 aliphatic rings. The molecule has 1 fully saturated rings. The van der Waals surface area contributed by atoms with Crippen LogP contribution in [0.2, 0.25) is 0 Å². The molecule has 277 valence electrons. The van der Waals surface area contributed by atoms with Gasteiger partial charge in [-0.1, -0.05) is 122 Å². The van der Waals surface area contributed by atoms with E-state index in [1.165, 1.54) is 12.3 Å². The molecule has 3 nitrogen and oxygen atoms in total. The number of nitrogens with zero attached hydrogens (tertiary/aromatic N) is 2. The second-order valence-electron chi connectivity index (χ2n) is 14.8. The van der Waals surface area contributed by atoms with Crippen molar-refractivity contribution in [1.29, 1.82) is 0 Å². The van der Waals surface area contributed by atoms with Crippen molar-refractivity contribution in [2.45, 2.75) is 59.1 Å². The van der Waals surface area contributed by atoms with Crippen LogP contribution in [0, 0.1) is 32.1 Å². The van der Waals surface area contributed by atoms with Gasteiger partial charge < -0.3 is 9.40 Å². The zero-order valence-corrected chi connectivity index (χ0v) is 33.3. The monoisotopic (exact) mass is 902 g/mol. The van der Waals surface area contributed by atoms with E-state index >= 15 is 0 Å².